The molecule has 3 heterocycles. The molecule has 5 aromatic rings. The van der Waals surface area contributed by atoms with Crippen LogP contribution in [0.1, 0.15) is 5.56 Å². The van der Waals surface area contributed by atoms with E-state index in [1.54, 1.807) is 6.20 Å². The van der Waals surface area contributed by atoms with Gasteiger partial charge in [0.05, 0.1) is 6.20 Å². The molecule has 144 valence electrons. The number of benzene rings is 2. The Bertz CT molecular complexity index is 1300. The number of hydrogen-bond acceptors (Lipinski definition) is 4. The van der Waals surface area contributed by atoms with Crippen LogP contribution in [0.3, 0.4) is 0 Å². The fraction of sp³-hybridized carbons (Fsp3) is 0.0385. The SMILES string of the molecule is c1ccc(COc2cncc(-c3cncc(-c4ccc5cnccc5c4)c3)c2)cc1. The molecule has 0 saturated carbocycles. The molecule has 4 nitrogen and oxygen atoms in total. The number of nitrogens with zero attached hydrogens (tertiary/aromatic N) is 3. The predicted octanol–water partition coefficient (Wildman–Crippen LogP) is 5.94. The second-order valence-electron chi connectivity index (χ2n) is 7.08. The van der Waals surface area contributed by atoms with Crippen molar-refractivity contribution in [2.45, 2.75) is 6.61 Å². The fourth-order valence-electron chi connectivity index (χ4n) is 3.42. The third-order valence-electron chi connectivity index (χ3n) is 5.01. The molecule has 0 saturated heterocycles. The van der Waals surface area contributed by atoms with Gasteiger partial charge in [0.25, 0.3) is 0 Å². The average molecular weight is 389 g/mol. The highest BCUT2D eigenvalue weighted by molar-refractivity contribution is 5.87. The zero-order chi connectivity index (χ0) is 20.2. The highest BCUT2D eigenvalue weighted by Gasteiger charge is 2.06. The maximum Gasteiger partial charge on any atom is 0.138 e. The van der Waals surface area contributed by atoms with Crippen molar-refractivity contribution in [3.8, 4) is 28.0 Å². The quantitative estimate of drug-likeness (QED) is 0.373. The molecule has 0 radical (unpaired) electrons. The summed E-state index contributed by atoms with van der Waals surface area (Å²) in [6.45, 7) is 0.510. The monoisotopic (exact) mass is 389 g/mol. The number of ether oxygens (including phenoxy) is 1. The van der Waals surface area contributed by atoms with Crippen LogP contribution in [0.15, 0.2) is 104 Å². The van der Waals surface area contributed by atoms with Gasteiger partial charge in [0, 0.05) is 53.1 Å². The van der Waals surface area contributed by atoms with Crippen LogP contribution in [0.2, 0.25) is 0 Å². The summed E-state index contributed by atoms with van der Waals surface area (Å²) in [4.78, 5) is 13.0. The van der Waals surface area contributed by atoms with Gasteiger partial charge in [0.1, 0.15) is 12.4 Å². The molecule has 30 heavy (non-hydrogen) atoms. The van der Waals surface area contributed by atoms with Crippen molar-refractivity contribution in [3.05, 3.63) is 109 Å². The van der Waals surface area contributed by atoms with Gasteiger partial charge in [-0.25, -0.2) is 0 Å². The van der Waals surface area contributed by atoms with Gasteiger partial charge in [0.2, 0.25) is 0 Å². The van der Waals surface area contributed by atoms with E-state index < -0.39 is 0 Å². The van der Waals surface area contributed by atoms with Gasteiger partial charge < -0.3 is 4.74 Å². The van der Waals surface area contributed by atoms with Crippen LogP contribution in [0.5, 0.6) is 5.75 Å². The minimum Gasteiger partial charge on any atom is -0.487 e. The molecular weight excluding hydrogens is 370 g/mol. The maximum absolute atomic E-state index is 5.93. The molecule has 2 aromatic carbocycles. The van der Waals surface area contributed by atoms with Gasteiger partial charge in [-0.2, -0.15) is 0 Å². The normalized spacial score (nSPS) is 10.8. The van der Waals surface area contributed by atoms with E-state index in [2.05, 4.69) is 39.2 Å². The first kappa shape index (κ1) is 18.0. The van der Waals surface area contributed by atoms with Crippen LogP contribution in [-0.4, -0.2) is 15.0 Å². The summed E-state index contributed by atoms with van der Waals surface area (Å²) in [6.07, 6.45) is 11.0. The average Bonchev–Trinajstić information content (AvgIpc) is 2.83. The van der Waals surface area contributed by atoms with Gasteiger partial charge in [0.15, 0.2) is 0 Å². The summed E-state index contributed by atoms with van der Waals surface area (Å²) in [5, 5.41) is 2.28. The summed E-state index contributed by atoms with van der Waals surface area (Å²) >= 11 is 0. The first-order valence-corrected chi connectivity index (χ1v) is 9.76. The molecule has 0 fully saturated rings. The smallest absolute Gasteiger partial charge is 0.138 e. The van der Waals surface area contributed by atoms with E-state index in [4.69, 9.17) is 4.74 Å². The largest absolute Gasteiger partial charge is 0.487 e. The first-order valence-electron chi connectivity index (χ1n) is 9.76. The summed E-state index contributed by atoms with van der Waals surface area (Å²) in [5.41, 5.74) is 5.27. The van der Waals surface area contributed by atoms with Crippen molar-refractivity contribution in [3.63, 3.8) is 0 Å². The lowest BCUT2D eigenvalue weighted by Crippen LogP contribution is -1.96. The lowest BCUT2D eigenvalue weighted by atomic mass is 10.0. The topological polar surface area (TPSA) is 47.9 Å². The van der Waals surface area contributed by atoms with Crippen LogP contribution in [0, 0.1) is 0 Å². The molecule has 0 aliphatic carbocycles. The van der Waals surface area contributed by atoms with Gasteiger partial charge >= 0.3 is 0 Å². The maximum atomic E-state index is 5.93. The fourth-order valence-corrected chi connectivity index (χ4v) is 3.42. The molecule has 0 unspecified atom stereocenters. The Morgan fingerprint density at radius 3 is 2.20 bits per heavy atom. The molecule has 0 atom stereocenters. The minimum absolute atomic E-state index is 0.510. The zero-order valence-electron chi connectivity index (χ0n) is 16.3. The first-order chi connectivity index (χ1) is 14.8. The number of aromatic nitrogens is 3. The van der Waals surface area contributed by atoms with E-state index >= 15 is 0 Å². The number of hydrogen-bond donors (Lipinski definition) is 0. The van der Waals surface area contributed by atoms with Crippen LogP contribution in [0.4, 0.5) is 0 Å². The Kier molecular flexibility index (Phi) is 4.88. The van der Waals surface area contributed by atoms with E-state index in [0.29, 0.717) is 6.61 Å². The molecule has 0 N–H and O–H groups in total. The second kappa shape index (κ2) is 8.13. The molecule has 3 aromatic heterocycles. The molecule has 0 amide bonds. The van der Waals surface area contributed by atoms with Crippen molar-refractivity contribution in [2.24, 2.45) is 0 Å². The van der Waals surface area contributed by atoms with Crippen molar-refractivity contribution in [1.29, 1.82) is 0 Å². The molecule has 0 aliphatic heterocycles. The lowest BCUT2D eigenvalue weighted by Gasteiger charge is -2.09. The third-order valence-corrected chi connectivity index (χ3v) is 5.01. The Morgan fingerprint density at radius 2 is 1.33 bits per heavy atom. The highest BCUT2D eigenvalue weighted by atomic mass is 16.5. The van der Waals surface area contributed by atoms with E-state index in [1.165, 1.54) is 0 Å². The van der Waals surface area contributed by atoms with Crippen molar-refractivity contribution in [1.82, 2.24) is 15.0 Å². The van der Waals surface area contributed by atoms with Crippen LogP contribution >= 0.6 is 0 Å². The number of rotatable bonds is 5. The number of pyridine rings is 3. The van der Waals surface area contributed by atoms with Gasteiger partial charge in [-0.1, -0.05) is 42.5 Å². The highest BCUT2D eigenvalue weighted by Crippen LogP contribution is 2.28. The van der Waals surface area contributed by atoms with E-state index in [1.807, 2.05) is 73.4 Å². The van der Waals surface area contributed by atoms with E-state index in [9.17, 15) is 0 Å². The Morgan fingerprint density at radius 1 is 0.567 bits per heavy atom. The Balaban J connectivity index is 1.42. The molecule has 4 heteroatoms. The second-order valence-corrected chi connectivity index (χ2v) is 7.08. The van der Waals surface area contributed by atoms with Crippen molar-refractivity contribution < 1.29 is 4.74 Å². The van der Waals surface area contributed by atoms with Crippen molar-refractivity contribution in [2.75, 3.05) is 0 Å². The lowest BCUT2D eigenvalue weighted by molar-refractivity contribution is 0.305. The van der Waals surface area contributed by atoms with Crippen LogP contribution < -0.4 is 4.74 Å². The summed E-state index contributed by atoms with van der Waals surface area (Å²) in [5.74, 6) is 0.736. The summed E-state index contributed by atoms with van der Waals surface area (Å²) in [7, 11) is 0. The third kappa shape index (κ3) is 3.89. The molecular formula is C26H19N3O. The van der Waals surface area contributed by atoms with Gasteiger partial charge in [-0.15, -0.1) is 0 Å². The van der Waals surface area contributed by atoms with E-state index in [0.717, 1.165) is 44.3 Å². The molecule has 0 spiro atoms. The van der Waals surface area contributed by atoms with Crippen molar-refractivity contribution >= 4 is 10.8 Å². The Labute approximate surface area is 174 Å². The van der Waals surface area contributed by atoms with E-state index in [-0.39, 0.29) is 0 Å². The molecule has 5 rings (SSSR count). The number of fused-ring (bicyclic) bond motifs is 1. The molecule has 0 bridgehead atoms. The van der Waals surface area contributed by atoms with Crippen LogP contribution in [0.25, 0.3) is 33.0 Å². The standard InChI is InChI=1S/C26H19N3O/c1-2-4-19(5-3-1)18-30-26-12-25(16-29-17-26)24-11-23(14-28-15-24)20-6-7-22-13-27-9-8-21(22)10-20/h1-17H,18H2. The molecule has 0 aliphatic rings. The summed E-state index contributed by atoms with van der Waals surface area (Å²) < 4.78 is 5.93. The minimum atomic E-state index is 0.510. The predicted molar refractivity (Wildman–Crippen MR) is 119 cm³/mol. The van der Waals surface area contributed by atoms with Crippen LogP contribution in [-0.2, 0) is 6.61 Å². The van der Waals surface area contributed by atoms with Gasteiger partial charge in [-0.3, -0.25) is 15.0 Å². The summed E-state index contributed by atoms with van der Waals surface area (Å²) in [6, 6.07) is 22.6. The Hall–Kier alpha value is -4.05. The zero-order valence-corrected chi connectivity index (χ0v) is 16.3. The van der Waals surface area contributed by atoms with Gasteiger partial charge in [-0.05, 0) is 40.8 Å².